The van der Waals surface area contributed by atoms with Crippen LogP contribution in [-0.4, -0.2) is 28.2 Å². The average molecular weight is 629 g/mol. The number of hydrogen-bond acceptors (Lipinski definition) is 4. The van der Waals surface area contributed by atoms with Crippen LogP contribution in [0, 0.1) is 23.7 Å². The first kappa shape index (κ1) is 28.0. The highest BCUT2D eigenvalue weighted by atomic mass is 16.5. The van der Waals surface area contributed by atoms with Crippen molar-refractivity contribution in [2.24, 2.45) is 23.7 Å². The number of ether oxygens (including phenoxy) is 1. The van der Waals surface area contributed by atoms with Gasteiger partial charge in [-0.05, 0) is 109 Å². The Morgan fingerprint density at radius 3 is 2.19 bits per heavy atom. The van der Waals surface area contributed by atoms with Gasteiger partial charge in [-0.25, -0.2) is 4.98 Å². The van der Waals surface area contributed by atoms with Gasteiger partial charge in [0.25, 0.3) is 0 Å². The Morgan fingerprint density at radius 2 is 1.40 bits per heavy atom. The lowest BCUT2D eigenvalue weighted by Crippen LogP contribution is -2.56. The molecule has 5 aliphatic rings. The third-order valence-corrected chi connectivity index (χ3v) is 12.0. The Hall–Kier alpha value is -5.03. The number of benzene rings is 4. The molecule has 3 heterocycles. The number of nitrogens with zero attached hydrogens (tertiary/aromatic N) is 4. The summed E-state index contributed by atoms with van der Waals surface area (Å²) in [5.74, 6) is 5.77. The van der Waals surface area contributed by atoms with Crippen LogP contribution >= 0.6 is 0 Å². The number of pyridine rings is 1. The van der Waals surface area contributed by atoms with Crippen LogP contribution < -0.4 is 9.64 Å². The summed E-state index contributed by atoms with van der Waals surface area (Å²) >= 11 is 0. The SMILES string of the molecule is CN1C=CN(c2cccc(Oc3ccc4c5ccccc5n(-c5cc(C6(c7ccccc7)C7CC8CC(C7)CC6C8)ccn5)c4c3)c2)C1. The van der Waals surface area contributed by atoms with Crippen molar-refractivity contribution in [3.8, 4) is 17.3 Å². The van der Waals surface area contributed by atoms with Crippen molar-refractivity contribution in [3.63, 3.8) is 0 Å². The van der Waals surface area contributed by atoms with Crippen LogP contribution in [0.1, 0.15) is 43.2 Å². The number of anilines is 1. The zero-order valence-corrected chi connectivity index (χ0v) is 27.4. The maximum Gasteiger partial charge on any atom is 0.137 e. The van der Waals surface area contributed by atoms with Gasteiger partial charge in [-0.2, -0.15) is 0 Å². The highest BCUT2D eigenvalue weighted by Crippen LogP contribution is 2.65. The molecule has 238 valence electrons. The van der Waals surface area contributed by atoms with Crippen LogP contribution in [0.25, 0.3) is 27.6 Å². The zero-order chi connectivity index (χ0) is 31.8. The molecule has 4 aromatic carbocycles. The van der Waals surface area contributed by atoms with Gasteiger partial charge in [0.1, 0.15) is 17.3 Å². The summed E-state index contributed by atoms with van der Waals surface area (Å²) in [6.07, 6.45) is 13.1. The first-order valence-corrected chi connectivity index (χ1v) is 17.6. The summed E-state index contributed by atoms with van der Waals surface area (Å²) < 4.78 is 8.92. The van der Waals surface area contributed by atoms with Gasteiger partial charge < -0.3 is 14.5 Å². The van der Waals surface area contributed by atoms with Crippen LogP contribution in [0.3, 0.4) is 0 Å². The van der Waals surface area contributed by atoms with Gasteiger partial charge in [0.2, 0.25) is 0 Å². The van der Waals surface area contributed by atoms with E-state index in [2.05, 4.69) is 143 Å². The molecule has 11 rings (SSSR count). The normalized spacial score (nSPS) is 25.9. The molecule has 2 aromatic heterocycles. The number of para-hydroxylation sites is 1. The Balaban J connectivity index is 1.10. The maximum atomic E-state index is 6.56. The van der Waals surface area contributed by atoms with Crippen molar-refractivity contribution in [2.75, 3.05) is 18.6 Å². The fourth-order valence-corrected chi connectivity index (χ4v) is 10.4. The fourth-order valence-electron chi connectivity index (χ4n) is 10.4. The van der Waals surface area contributed by atoms with Gasteiger partial charge in [0, 0.05) is 59.7 Å². The van der Waals surface area contributed by atoms with Crippen LogP contribution in [0.2, 0.25) is 0 Å². The van der Waals surface area contributed by atoms with E-state index in [0.29, 0.717) is 11.8 Å². The molecule has 0 atom stereocenters. The summed E-state index contributed by atoms with van der Waals surface area (Å²) in [6, 6.07) is 39.8. The van der Waals surface area contributed by atoms with Gasteiger partial charge in [0.15, 0.2) is 0 Å². The van der Waals surface area contributed by atoms with E-state index in [1.165, 1.54) is 59.5 Å². The molecule has 0 spiro atoms. The molecule has 4 bridgehead atoms. The van der Waals surface area contributed by atoms with Crippen LogP contribution in [0.15, 0.2) is 128 Å². The summed E-state index contributed by atoms with van der Waals surface area (Å²) in [4.78, 5) is 9.48. The molecule has 0 radical (unpaired) electrons. The van der Waals surface area contributed by atoms with E-state index in [1.54, 1.807) is 0 Å². The van der Waals surface area contributed by atoms with Gasteiger partial charge in [0.05, 0.1) is 17.7 Å². The topological polar surface area (TPSA) is 33.5 Å². The molecule has 0 saturated heterocycles. The first-order chi connectivity index (χ1) is 23.6. The highest BCUT2D eigenvalue weighted by molar-refractivity contribution is 6.09. The second kappa shape index (κ2) is 10.7. The third kappa shape index (κ3) is 4.26. The van der Waals surface area contributed by atoms with Gasteiger partial charge >= 0.3 is 0 Å². The second-order valence-corrected chi connectivity index (χ2v) is 14.7. The lowest BCUT2D eigenvalue weighted by atomic mass is 9.42. The van der Waals surface area contributed by atoms with Crippen molar-refractivity contribution in [1.29, 1.82) is 0 Å². The second-order valence-electron chi connectivity index (χ2n) is 14.7. The quantitative estimate of drug-likeness (QED) is 0.184. The largest absolute Gasteiger partial charge is 0.457 e. The van der Waals surface area contributed by atoms with Crippen molar-refractivity contribution in [3.05, 3.63) is 139 Å². The molecular weight excluding hydrogens is 589 g/mol. The predicted molar refractivity (Wildman–Crippen MR) is 194 cm³/mol. The predicted octanol–water partition coefficient (Wildman–Crippen LogP) is 9.89. The van der Waals surface area contributed by atoms with E-state index >= 15 is 0 Å². The molecule has 1 aliphatic heterocycles. The number of aromatic nitrogens is 2. The van der Waals surface area contributed by atoms with Crippen LogP contribution in [0.5, 0.6) is 11.5 Å². The molecule has 6 aromatic rings. The van der Waals surface area contributed by atoms with Crippen molar-refractivity contribution >= 4 is 27.5 Å². The Kier molecular flexibility index (Phi) is 6.27. The minimum absolute atomic E-state index is 0.0315. The Bertz CT molecular complexity index is 2170. The molecule has 0 N–H and O–H groups in total. The minimum Gasteiger partial charge on any atom is -0.457 e. The lowest BCUT2D eigenvalue weighted by Gasteiger charge is -2.62. The van der Waals surface area contributed by atoms with E-state index in [-0.39, 0.29) is 5.41 Å². The molecular formula is C43H40N4O. The molecule has 4 aliphatic carbocycles. The van der Waals surface area contributed by atoms with Crippen LogP contribution in [0.4, 0.5) is 5.69 Å². The number of hydrogen-bond donors (Lipinski definition) is 0. The van der Waals surface area contributed by atoms with Crippen molar-refractivity contribution in [2.45, 2.75) is 37.5 Å². The summed E-state index contributed by atoms with van der Waals surface area (Å²) in [7, 11) is 2.08. The van der Waals surface area contributed by atoms with Gasteiger partial charge in [-0.15, -0.1) is 0 Å². The molecule has 0 unspecified atom stereocenters. The number of rotatable bonds is 6. The van der Waals surface area contributed by atoms with Gasteiger partial charge in [-0.3, -0.25) is 4.57 Å². The summed E-state index contributed by atoms with van der Waals surface area (Å²) in [5, 5.41) is 2.43. The highest BCUT2D eigenvalue weighted by Gasteiger charge is 2.58. The van der Waals surface area contributed by atoms with Crippen molar-refractivity contribution in [1.82, 2.24) is 14.5 Å². The molecule has 4 saturated carbocycles. The molecule has 5 heteroatoms. The van der Waals surface area contributed by atoms with Crippen LogP contribution in [-0.2, 0) is 5.41 Å². The zero-order valence-electron chi connectivity index (χ0n) is 27.4. The van der Waals surface area contributed by atoms with E-state index < -0.39 is 0 Å². The standard InChI is InChI=1S/C43H40N4O/c1-45-18-19-46(28-45)35-10-7-11-36(26-35)48-37-14-15-39-38-12-5-6-13-40(38)47(41(39)27-37)42-25-32(16-17-44-42)43(31-8-3-2-4-9-31)33-21-29-20-30(23-33)24-34(43)22-29/h2-19,25-27,29-30,33-34H,20-24,28H2,1H3. The molecule has 0 amide bonds. The lowest BCUT2D eigenvalue weighted by molar-refractivity contribution is -0.0418. The third-order valence-electron chi connectivity index (χ3n) is 12.0. The summed E-state index contributed by atoms with van der Waals surface area (Å²) in [5.41, 5.74) is 6.35. The first-order valence-electron chi connectivity index (χ1n) is 17.6. The molecule has 48 heavy (non-hydrogen) atoms. The Morgan fingerprint density at radius 1 is 0.646 bits per heavy atom. The Labute approximate surface area is 282 Å². The van der Waals surface area contributed by atoms with E-state index in [4.69, 9.17) is 9.72 Å². The molecule has 4 fully saturated rings. The van der Waals surface area contributed by atoms with E-state index in [0.717, 1.165) is 47.0 Å². The number of fused-ring (bicyclic) bond motifs is 3. The van der Waals surface area contributed by atoms with Crippen molar-refractivity contribution < 1.29 is 4.74 Å². The molecule has 5 nitrogen and oxygen atoms in total. The fraction of sp³-hybridized carbons (Fsp3) is 0.279. The monoisotopic (exact) mass is 628 g/mol. The maximum absolute atomic E-state index is 6.56. The minimum atomic E-state index is 0.0315. The van der Waals surface area contributed by atoms with Gasteiger partial charge in [-0.1, -0.05) is 54.6 Å². The van der Waals surface area contributed by atoms with E-state index in [1.807, 2.05) is 6.07 Å². The smallest absolute Gasteiger partial charge is 0.137 e. The average Bonchev–Trinajstić information content (AvgIpc) is 3.70. The summed E-state index contributed by atoms with van der Waals surface area (Å²) in [6.45, 7) is 0.829. The van der Waals surface area contributed by atoms with E-state index in [9.17, 15) is 0 Å².